The number of ether oxygens (including phenoxy) is 1. The zero-order chi connectivity index (χ0) is 28.1. The van der Waals surface area contributed by atoms with Gasteiger partial charge in [-0.2, -0.15) is 18.2 Å². The van der Waals surface area contributed by atoms with Crippen LogP contribution < -0.4 is 0 Å². The van der Waals surface area contributed by atoms with Crippen LogP contribution in [0.1, 0.15) is 79.1 Å². The number of aryl methyl sites for hydroxylation is 1. The Kier molecular flexibility index (Phi) is 7.09. The lowest BCUT2D eigenvalue weighted by Crippen LogP contribution is -2.39. The van der Waals surface area contributed by atoms with Gasteiger partial charge in [0.05, 0.1) is 17.8 Å². The summed E-state index contributed by atoms with van der Waals surface area (Å²) >= 11 is 0. The molecule has 2 aliphatic heterocycles. The van der Waals surface area contributed by atoms with Crippen LogP contribution in [0.3, 0.4) is 0 Å². The van der Waals surface area contributed by atoms with Crippen molar-refractivity contribution in [3.05, 3.63) is 88.3 Å². The van der Waals surface area contributed by atoms with Crippen molar-refractivity contribution in [1.82, 2.24) is 15.0 Å². The van der Waals surface area contributed by atoms with Crippen LogP contribution in [0.2, 0.25) is 0 Å². The van der Waals surface area contributed by atoms with Crippen LogP contribution >= 0.6 is 0 Å². The van der Waals surface area contributed by atoms with E-state index >= 15 is 0 Å². The predicted octanol–water partition coefficient (Wildman–Crippen LogP) is 6.59. The first-order valence-corrected chi connectivity index (χ1v) is 12.9. The lowest BCUT2D eigenvalue weighted by atomic mass is 9.85. The average Bonchev–Trinajstić information content (AvgIpc) is 3.50. The molecule has 0 spiro atoms. The van der Waals surface area contributed by atoms with Crippen molar-refractivity contribution in [2.24, 2.45) is 0 Å². The molecule has 0 aliphatic carbocycles. The average molecular weight is 544 g/mol. The molecule has 4 atom stereocenters. The van der Waals surface area contributed by atoms with Crippen LogP contribution in [-0.4, -0.2) is 39.6 Å². The number of aromatic nitrogens is 2. The third kappa shape index (κ3) is 5.48. The quantitative estimate of drug-likeness (QED) is 0.328. The third-order valence-electron chi connectivity index (χ3n) is 7.36. The first kappa shape index (κ1) is 27.1. The fraction of sp³-hybridized carbons (Fsp3) is 0.414. The van der Waals surface area contributed by atoms with Crippen molar-refractivity contribution < 1.29 is 31.6 Å². The maximum atomic E-state index is 13.8. The van der Waals surface area contributed by atoms with Crippen LogP contribution in [0.25, 0.3) is 5.57 Å². The van der Waals surface area contributed by atoms with Crippen molar-refractivity contribution in [3.63, 3.8) is 0 Å². The van der Waals surface area contributed by atoms with Gasteiger partial charge in [-0.25, -0.2) is 4.39 Å². The Hall–Kier alpha value is -3.53. The number of hydrogen-bond acceptors (Lipinski definition) is 5. The summed E-state index contributed by atoms with van der Waals surface area (Å²) < 4.78 is 66.0. The number of rotatable bonds is 6. The molecule has 2 aromatic carbocycles. The number of alkyl halides is 3. The number of benzene rings is 2. The molecule has 0 radical (unpaired) electrons. The van der Waals surface area contributed by atoms with Crippen LogP contribution in [0.15, 0.2) is 53.1 Å². The predicted molar refractivity (Wildman–Crippen MR) is 135 cm³/mol. The maximum absolute atomic E-state index is 13.8. The Labute approximate surface area is 223 Å². The van der Waals surface area contributed by atoms with E-state index in [-0.39, 0.29) is 36.2 Å². The molecule has 6 nitrogen and oxygen atoms in total. The summed E-state index contributed by atoms with van der Waals surface area (Å²) in [6.45, 7) is 7.42. The number of carbonyl (C=O) groups excluding carboxylic acids is 1. The van der Waals surface area contributed by atoms with E-state index in [9.17, 15) is 22.4 Å². The molecule has 1 amide bonds. The van der Waals surface area contributed by atoms with Crippen molar-refractivity contribution >= 4 is 11.5 Å². The standard InChI is InChI=1S/C29H29F4N3O3/c1-15(2)27-34-28(39-35-27)20-12-23-26(18-5-7-22(30)8-6-18)24(14-36(23)25(37)13-20)38-17(4)19-9-16(3)10-21(11-19)29(31,32)33/h5-11,13,15,17,23-24,26H,12,14H2,1-4H3/t17-,23?,24+,26?/m1/s1. The van der Waals surface area contributed by atoms with Gasteiger partial charge in [0.1, 0.15) is 5.82 Å². The Morgan fingerprint density at radius 3 is 2.46 bits per heavy atom. The van der Waals surface area contributed by atoms with Gasteiger partial charge in [0.25, 0.3) is 5.89 Å². The lowest BCUT2D eigenvalue weighted by molar-refractivity contribution is -0.137. The van der Waals surface area contributed by atoms with Crippen LogP contribution in [0.4, 0.5) is 17.6 Å². The van der Waals surface area contributed by atoms with Crippen molar-refractivity contribution in [3.8, 4) is 0 Å². The van der Waals surface area contributed by atoms with Gasteiger partial charge in [0.2, 0.25) is 5.91 Å². The van der Waals surface area contributed by atoms with Gasteiger partial charge in [0.15, 0.2) is 5.82 Å². The molecule has 0 N–H and O–H groups in total. The SMILES string of the molecule is Cc1cc([C@@H](C)O[C@H]2CN3C(=O)C=C(c4nc(C(C)C)no4)CC3C2c2ccc(F)cc2)cc(C(F)(F)F)c1. The van der Waals surface area contributed by atoms with E-state index in [0.717, 1.165) is 17.7 Å². The first-order valence-electron chi connectivity index (χ1n) is 12.9. The van der Waals surface area contributed by atoms with E-state index in [2.05, 4.69) is 10.1 Å². The number of nitrogens with zero attached hydrogens (tertiary/aromatic N) is 3. The van der Waals surface area contributed by atoms with E-state index < -0.39 is 29.8 Å². The molecule has 10 heteroatoms. The summed E-state index contributed by atoms with van der Waals surface area (Å²) in [6, 6.07) is 9.53. The second-order valence-electron chi connectivity index (χ2n) is 10.6. The Morgan fingerprint density at radius 1 is 1.10 bits per heavy atom. The molecular weight excluding hydrogens is 514 g/mol. The molecule has 2 aliphatic rings. The zero-order valence-electron chi connectivity index (χ0n) is 22.0. The summed E-state index contributed by atoms with van der Waals surface area (Å²) in [4.78, 5) is 19.4. The molecule has 1 fully saturated rings. The molecule has 2 unspecified atom stereocenters. The summed E-state index contributed by atoms with van der Waals surface area (Å²) in [5.41, 5.74) is 1.50. The zero-order valence-corrected chi connectivity index (χ0v) is 22.0. The molecule has 5 rings (SSSR count). The van der Waals surface area contributed by atoms with Crippen molar-refractivity contribution in [2.75, 3.05) is 6.54 Å². The Balaban J connectivity index is 1.46. The van der Waals surface area contributed by atoms with Gasteiger partial charge in [0, 0.05) is 36.1 Å². The second kappa shape index (κ2) is 10.2. The number of fused-ring (bicyclic) bond motifs is 1. The molecule has 0 bridgehead atoms. The van der Waals surface area contributed by atoms with E-state index in [1.54, 1.807) is 36.9 Å². The van der Waals surface area contributed by atoms with E-state index in [1.807, 2.05) is 13.8 Å². The number of hydrogen-bond donors (Lipinski definition) is 0. The third-order valence-corrected chi connectivity index (χ3v) is 7.36. The first-order chi connectivity index (χ1) is 18.4. The number of carbonyl (C=O) groups is 1. The van der Waals surface area contributed by atoms with Gasteiger partial charge in [-0.15, -0.1) is 0 Å². The molecular formula is C29H29F4N3O3. The summed E-state index contributed by atoms with van der Waals surface area (Å²) in [7, 11) is 0. The fourth-order valence-electron chi connectivity index (χ4n) is 5.44. The van der Waals surface area contributed by atoms with Crippen molar-refractivity contribution in [2.45, 2.75) is 70.4 Å². The van der Waals surface area contributed by atoms with Crippen molar-refractivity contribution in [1.29, 1.82) is 0 Å². The van der Waals surface area contributed by atoms with E-state index in [1.165, 1.54) is 18.2 Å². The highest BCUT2D eigenvalue weighted by molar-refractivity contribution is 5.97. The van der Waals surface area contributed by atoms with Gasteiger partial charge >= 0.3 is 6.18 Å². The van der Waals surface area contributed by atoms with Gasteiger partial charge in [-0.1, -0.05) is 42.8 Å². The molecule has 3 heterocycles. The highest BCUT2D eigenvalue weighted by Crippen LogP contribution is 2.44. The number of halogens is 4. The van der Waals surface area contributed by atoms with Crippen LogP contribution in [0.5, 0.6) is 0 Å². The highest BCUT2D eigenvalue weighted by atomic mass is 19.4. The number of amides is 1. The second-order valence-corrected chi connectivity index (χ2v) is 10.6. The summed E-state index contributed by atoms with van der Waals surface area (Å²) in [5, 5.41) is 4.01. The normalized spacial score (nSPS) is 22.3. The van der Waals surface area contributed by atoms with Gasteiger partial charge in [-0.05, 0) is 55.7 Å². The topological polar surface area (TPSA) is 68.5 Å². The van der Waals surface area contributed by atoms with Crippen LogP contribution in [-0.2, 0) is 15.7 Å². The molecule has 39 heavy (non-hydrogen) atoms. The molecule has 1 aromatic heterocycles. The molecule has 1 saturated heterocycles. The monoisotopic (exact) mass is 543 g/mol. The van der Waals surface area contributed by atoms with Gasteiger partial charge in [-0.3, -0.25) is 4.79 Å². The largest absolute Gasteiger partial charge is 0.416 e. The van der Waals surface area contributed by atoms with Crippen LogP contribution in [0, 0.1) is 12.7 Å². The molecule has 3 aromatic rings. The van der Waals surface area contributed by atoms with E-state index in [0.29, 0.717) is 28.9 Å². The summed E-state index contributed by atoms with van der Waals surface area (Å²) in [6.07, 6.45) is -3.82. The minimum atomic E-state index is -4.48. The highest BCUT2D eigenvalue weighted by Gasteiger charge is 2.48. The Morgan fingerprint density at radius 2 is 1.82 bits per heavy atom. The smallest absolute Gasteiger partial charge is 0.368 e. The lowest BCUT2D eigenvalue weighted by Gasteiger charge is -2.32. The minimum absolute atomic E-state index is 0.0519. The minimum Gasteiger partial charge on any atom is -0.368 e. The Bertz CT molecular complexity index is 1400. The molecule has 0 saturated carbocycles. The fourth-order valence-corrected chi connectivity index (χ4v) is 5.44. The van der Waals surface area contributed by atoms with E-state index in [4.69, 9.17) is 9.26 Å². The van der Waals surface area contributed by atoms with Gasteiger partial charge < -0.3 is 14.2 Å². The molecule has 206 valence electrons. The maximum Gasteiger partial charge on any atom is 0.416 e. The summed E-state index contributed by atoms with van der Waals surface area (Å²) in [5.74, 6) is -0.135.